The normalized spacial score (nSPS) is 20.4. The van der Waals surface area contributed by atoms with E-state index in [1.165, 1.54) is 7.11 Å². The number of carbonyl (C=O) groups is 1. The number of benzene rings is 1. The molecule has 1 unspecified atom stereocenters. The van der Waals surface area contributed by atoms with Gasteiger partial charge in [-0.1, -0.05) is 18.2 Å². The molecule has 1 atom stereocenters. The Bertz CT molecular complexity index is 450. The van der Waals surface area contributed by atoms with Gasteiger partial charge in [-0.15, -0.1) is 0 Å². The zero-order valence-corrected chi connectivity index (χ0v) is 10.1. The van der Waals surface area contributed by atoms with Crippen LogP contribution in [0.2, 0.25) is 0 Å². The lowest BCUT2D eigenvalue weighted by atomic mass is 9.77. The van der Waals surface area contributed by atoms with Gasteiger partial charge in [-0.3, -0.25) is 4.79 Å². The SMILES string of the molecule is COC(=O)C(C)(N)C1(c2ccccc2O)CC1. The largest absolute Gasteiger partial charge is 0.508 e. The number of hydrogen-bond acceptors (Lipinski definition) is 4. The first kappa shape index (κ1) is 11.9. The molecule has 0 bridgehead atoms. The van der Waals surface area contributed by atoms with Crippen molar-refractivity contribution in [2.75, 3.05) is 7.11 Å². The highest BCUT2D eigenvalue weighted by atomic mass is 16.5. The average Bonchev–Trinajstić information content (AvgIpc) is 3.10. The Morgan fingerprint density at radius 2 is 2.06 bits per heavy atom. The molecular weight excluding hydrogens is 218 g/mol. The van der Waals surface area contributed by atoms with Crippen LogP contribution in [-0.2, 0) is 14.9 Å². The maximum atomic E-state index is 11.8. The lowest BCUT2D eigenvalue weighted by Crippen LogP contribution is -2.55. The molecule has 0 aromatic heterocycles. The van der Waals surface area contributed by atoms with Crippen LogP contribution in [0.3, 0.4) is 0 Å². The van der Waals surface area contributed by atoms with E-state index in [4.69, 9.17) is 10.5 Å². The van der Waals surface area contributed by atoms with Crippen molar-refractivity contribution in [3.05, 3.63) is 29.8 Å². The fraction of sp³-hybridized carbons (Fsp3) is 0.462. The number of hydrogen-bond donors (Lipinski definition) is 2. The zero-order valence-electron chi connectivity index (χ0n) is 10.1. The van der Waals surface area contributed by atoms with Gasteiger partial charge in [-0.05, 0) is 25.8 Å². The van der Waals surface area contributed by atoms with Crippen molar-refractivity contribution in [3.8, 4) is 5.75 Å². The Kier molecular flexibility index (Phi) is 2.62. The van der Waals surface area contributed by atoms with Gasteiger partial charge in [0.1, 0.15) is 11.3 Å². The molecule has 0 heterocycles. The second-order valence-corrected chi connectivity index (χ2v) is 4.79. The summed E-state index contributed by atoms with van der Waals surface area (Å²) in [5.74, 6) is -0.260. The van der Waals surface area contributed by atoms with E-state index in [1.54, 1.807) is 19.1 Å². The Morgan fingerprint density at radius 3 is 2.53 bits per heavy atom. The fourth-order valence-corrected chi connectivity index (χ4v) is 2.48. The van der Waals surface area contributed by atoms with Gasteiger partial charge in [0, 0.05) is 11.0 Å². The van der Waals surface area contributed by atoms with Crippen molar-refractivity contribution >= 4 is 5.97 Å². The maximum Gasteiger partial charge on any atom is 0.326 e. The summed E-state index contributed by atoms with van der Waals surface area (Å²) in [6.45, 7) is 1.66. The Labute approximate surface area is 100 Å². The predicted molar refractivity (Wildman–Crippen MR) is 63.6 cm³/mol. The number of aromatic hydroxyl groups is 1. The molecule has 0 saturated heterocycles. The molecule has 1 saturated carbocycles. The third-order valence-corrected chi connectivity index (χ3v) is 3.77. The van der Waals surface area contributed by atoms with Crippen LogP contribution in [0.1, 0.15) is 25.3 Å². The summed E-state index contributed by atoms with van der Waals surface area (Å²) in [5.41, 5.74) is 5.25. The van der Waals surface area contributed by atoms with Crippen LogP contribution < -0.4 is 5.73 Å². The van der Waals surface area contributed by atoms with Crippen molar-refractivity contribution in [2.45, 2.75) is 30.7 Å². The molecule has 1 aliphatic carbocycles. The van der Waals surface area contributed by atoms with E-state index in [2.05, 4.69) is 0 Å². The molecule has 3 N–H and O–H groups in total. The molecule has 1 aromatic carbocycles. The Hall–Kier alpha value is -1.55. The first-order valence-electron chi connectivity index (χ1n) is 5.61. The topological polar surface area (TPSA) is 72.5 Å². The van der Waals surface area contributed by atoms with Gasteiger partial charge in [-0.2, -0.15) is 0 Å². The summed E-state index contributed by atoms with van der Waals surface area (Å²) in [6, 6.07) is 7.02. The second kappa shape index (κ2) is 3.74. The lowest BCUT2D eigenvalue weighted by Gasteiger charge is -2.32. The molecule has 92 valence electrons. The molecule has 4 heteroatoms. The van der Waals surface area contributed by atoms with E-state index in [0.29, 0.717) is 0 Å². The van der Waals surface area contributed by atoms with E-state index < -0.39 is 16.9 Å². The fourth-order valence-electron chi connectivity index (χ4n) is 2.48. The molecule has 1 fully saturated rings. The van der Waals surface area contributed by atoms with Gasteiger partial charge >= 0.3 is 5.97 Å². The van der Waals surface area contributed by atoms with Crippen LogP contribution in [0.5, 0.6) is 5.75 Å². The standard InChI is InChI=1S/C13H17NO3/c1-12(14,11(16)17-2)13(7-8-13)9-5-3-4-6-10(9)15/h3-6,15H,7-8,14H2,1-2H3. The molecule has 2 rings (SSSR count). The number of rotatable bonds is 3. The molecule has 1 aromatic rings. The van der Waals surface area contributed by atoms with E-state index in [0.717, 1.165) is 18.4 Å². The number of para-hydroxylation sites is 1. The molecule has 17 heavy (non-hydrogen) atoms. The average molecular weight is 235 g/mol. The second-order valence-electron chi connectivity index (χ2n) is 4.79. The van der Waals surface area contributed by atoms with Crippen LogP contribution in [0.25, 0.3) is 0 Å². The molecule has 0 radical (unpaired) electrons. The van der Waals surface area contributed by atoms with Gasteiger partial charge in [0.15, 0.2) is 0 Å². The van der Waals surface area contributed by atoms with Crippen molar-refractivity contribution in [1.29, 1.82) is 0 Å². The summed E-state index contributed by atoms with van der Waals surface area (Å²) in [5, 5.41) is 9.90. The molecule has 0 amide bonds. The van der Waals surface area contributed by atoms with Gasteiger partial charge in [0.2, 0.25) is 0 Å². The minimum atomic E-state index is -1.11. The van der Waals surface area contributed by atoms with Crippen LogP contribution in [-0.4, -0.2) is 23.7 Å². The summed E-state index contributed by atoms with van der Waals surface area (Å²) in [6.07, 6.45) is 1.57. The van der Waals surface area contributed by atoms with Crippen LogP contribution in [0, 0.1) is 0 Å². The zero-order chi connectivity index (χ0) is 12.7. The minimum Gasteiger partial charge on any atom is -0.508 e. The molecule has 0 spiro atoms. The van der Waals surface area contributed by atoms with Crippen molar-refractivity contribution in [3.63, 3.8) is 0 Å². The lowest BCUT2D eigenvalue weighted by molar-refractivity contribution is -0.147. The van der Waals surface area contributed by atoms with Gasteiger partial charge in [0.05, 0.1) is 7.11 Å². The summed E-state index contributed by atoms with van der Waals surface area (Å²) >= 11 is 0. The minimum absolute atomic E-state index is 0.186. The van der Waals surface area contributed by atoms with Crippen molar-refractivity contribution in [1.82, 2.24) is 0 Å². The highest BCUT2D eigenvalue weighted by molar-refractivity contribution is 5.84. The Morgan fingerprint density at radius 1 is 1.47 bits per heavy atom. The Balaban J connectivity index is 2.45. The monoisotopic (exact) mass is 235 g/mol. The maximum absolute atomic E-state index is 11.8. The number of carbonyl (C=O) groups excluding carboxylic acids is 1. The molecule has 0 aliphatic heterocycles. The number of ether oxygens (including phenoxy) is 1. The van der Waals surface area contributed by atoms with E-state index in [9.17, 15) is 9.90 Å². The highest BCUT2D eigenvalue weighted by Crippen LogP contribution is 2.57. The van der Waals surface area contributed by atoms with E-state index >= 15 is 0 Å². The number of phenolic OH excluding ortho intramolecular Hbond substituents is 1. The van der Waals surface area contributed by atoms with E-state index in [-0.39, 0.29) is 5.75 Å². The summed E-state index contributed by atoms with van der Waals surface area (Å²) in [4.78, 5) is 11.8. The van der Waals surface area contributed by atoms with Gasteiger partial charge in [0.25, 0.3) is 0 Å². The van der Waals surface area contributed by atoms with Crippen LogP contribution >= 0.6 is 0 Å². The number of phenols is 1. The quantitative estimate of drug-likeness (QED) is 0.775. The number of methoxy groups -OCH3 is 1. The highest BCUT2D eigenvalue weighted by Gasteiger charge is 2.61. The first-order valence-corrected chi connectivity index (χ1v) is 5.61. The summed E-state index contributed by atoms with van der Waals surface area (Å²) < 4.78 is 4.76. The predicted octanol–water partition coefficient (Wildman–Crippen LogP) is 1.31. The molecule has 1 aliphatic rings. The first-order chi connectivity index (χ1) is 7.95. The smallest absolute Gasteiger partial charge is 0.326 e. The van der Waals surface area contributed by atoms with Gasteiger partial charge < -0.3 is 15.6 Å². The van der Waals surface area contributed by atoms with E-state index in [1.807, 2.05) is 12.1 Å². The summed E-state index contributed by atoms with van der Waals surface area (Å²) in [7, 11) is 1.33. The third kappa shape index (κ3) is 1.60. The number of nitrogens with two attached hydrogens (primary N) is 1. The van der Waals surface area contributed by atoms with Crippen molar-refractivity contribution in [2.24, 2.45) is 5.73 Å². The van der Waals surface area contributed by atoms with Crippen LogP contribution in [0.4, 0.5) is 0 Å². The van der Waals surface area contributed by atoms with Crippen LogP contribution in [0.15, 0.2) is 24.3 Å². The molecule has 4 nitrogen and oxygen atoms in total. The third-order valence-electron chi connectivity index (χ3n) is 3.77. The number of esters is 1. The van der Waals surface area contributed by atoms with Crippen molar-refractivity contribution < 1.29 is 14.6 Å². The molecular formula is C13H17NO3. The van der Waals surface area contributed by atoms with Gasteiger partial charge in [-0.25, -0.2) is 0 Å².